The maximum atomic E-state index is 13.5. The molecule has 0 bridgehead atoms. The summed E-state index contributed by atoms with van der Waals surface area (Å²) in [6.45, 7) is 5.63. The van der Waals surface area contributed by atoms with Crippen LogP contribution < -0.4 is 4.74 Å². The number of benzene rings is 4. The highest BCUT2D eigenvalue weighted by atomic mass is 16.5. The lowest BCUT2D eigenvalue weighted by Crippen LogP contribution is -2.13. The predicted octanol–water partition coefficient (Wildman–Crippen LogP) is 7.89. The van der Waals surface area contributed by atoms with Crippen molar-refractivity contribution in [1.82, 2.24) is 4.57 Å². The van der Waals surface area contributed by atoms with Crippen molar-refractivity contribution in [3.05, 3.63) is 137 Å². The number of ether oxygens (including phenoxy) is 1. The number of carbonyl (C=O) groups is 2. The molecule has 4 aromatic carbocycles. The molecule has 2 atom stereocenters. The van der Waals surface area contributed by atoms with Crippen molar-refractivity contribution >= 4 is 22.5 Å². The number of ketones is 2. The quantitative estimate of drug-likeness (QED) is 0.198. The van der Waals surface area contributed by atoms with Crippen molar-refractivity contribution in [1.29, 1.82) is 0 Å². The first-order chi connectivity index (χ1) is 19.0. The van der Waals surface area contributed by atoms with E-state index in [1.165, 1.54) is 11.1 Å². The van der Waals surface area contributed by atoms with Crippen molar-refractivity contribution in [3.63, 3.8) is 0 Å². The maximum Gasteiger partial charge on any atom is 0.178 e. The fourth-order valence-electron chi connectivity index (χ4n) is 5.64. The van der Waals surface area contributed by atoms with Crippen LogP contribution in [0.15, 0.2) is 103 Å². The van der Waals surface area contributed by atoms with Gasteiger partial charge in [0.2, 0.25) is 0 Å². The Morgan fingerprint density at radius 1 is 0.821 bits per heavy atom. The number of Topliss-reactive ketones (excluding diaryl/α,β-unsaturated/α-hetero) is 2. The largest absolute Gasteiger partial charge is 0.489 e. The van der Waals surface area contributed by atoms with Gasteiger partial charge in [0.15, 0.2) is 11.6 Å². The standard InChI is InChI=1S/C35H31NO3/c1-23(26-11-7-4-8-12-26)17-18-36-21-24(2)29-15-13-27(19-32(29)36)33-34(37)30-16-14-28(20-31(30)35(33)38)39-22-25-9-5-3-6-10-25/h3-16,19-21,23,33H,17-18,22H2,1-2H3. The third kappa shape index (κ3) is 4.79. The second kappa shape index (κ2) is 10.4. The Hall–Kier alpha value is -4.44. The summed E-state index contributed by atoms with van der Waals surface area (Å²) in [4.78, 5) is 27.0. The van der Waals surface area contributed by atoms with E-state index in [0.29, 0.717) is 29.4 Å². The van der Waals surface area contributed by atoms with Crippen LogP contribution in [-0.2, 0) is 13.2 Å². The second-order valence-corrected chi connectivity index (χ2v) is 10.5. The average molecular weight is 514 g/mol. The van der Waals surface area contributed by atoms with Crippen LogP contribution in [0.1, 0.15) is 68.2 Å². The lowest BCUT2D eigenvalue weighted by Gasteiger charge is -2.14. The SMILES string of the molecule is Cc1cn(CCC(C)c2ccccc2)c2cc(C3C(=O)c4ccc(OCc5ccccc5)cc4C3=O)ccc12. The van der Waals surface area contributed by atoms with Gasteiger partial charge in [-0.15, -0.1) is 0 Å². The number of aromatic nitrogens is 1. The minimum Gasteiger partial charge on any atom is -0.489 e. The minimum atomic E-state index is -0.819. The van der Waals surface area contributed by atoms with E-state index in [2.05, 4.69) is 54.9 Å². The fraction of sp³-hybridized carbons (Fsp3) is 0.200. The smallest absolute Gasteiger partial charge is 0.178 e. The van der Waals surface area contributed by atoms with Crippen molar-refractivity contribution < 1.29 is 14.3 Å². The molecule has 0 radical (unpaired) electrons. The highest BCUT2D eigenvalue weighted by molar-refractivity contribution is 6.30. The number of aryl methyl sites for hydroxylation is 2. The van der Waals surface area contributed by atoms with Gasteiger partial charge in [0.25, 0.3) is 0 Å². The van der Waals surface area contributed by atoms with E-state index in [0.717, 1.165) is 35.0 Å². The molecule has 1 heterocycles. The molecule has 1 aromatic heterocycles. The number of rotatable bonds is 8. The monoisotopic (exact) mass is 513 g/mol. The van der Waals surface area contributed by atoms with Crippen molar-refractivity contribution in [2.45, 2.75) is 45.3 Å². The van der Waals surface area contributed by atoms with Gasteiger partial charge in [0.1, 0.15) is 18.3 Å². The molecule has 2 unspecified atom stereocenters. The van der Waals surface area contributed by atoms with E-state index < -0.39 is 5.92 Å². The summed E-state index contributed by atoms with van der Waals surface area (Å²) in [6, 6.07) is 31.7. The summed E-state index contributed by atoms with van der Waals surface area (Å²) in [6.07, 6.45) is 3.17. The van der Waals surface area contributed by atoms with Crippen LogP contribution in [0.2, 0.25) is 0 Å². The van der Waals surface area contributed by atoms with E-state index >= 15 is 0 Å². The van der Waals surface area contributed by atoms with Crippen LogP contribution in [0, 0.1) is 6.92 Å². The Morgan fingerprint density at radius 2 is 1.54 bits per heavy atom. The number of fused-ring (bicyclic) bond motifs is 2. The summed E-state index contributed by atoms with van der Waals surface area (Å²) < 4.78 is 8.19. The van der Waals surface area contributed by atoms with Crippen LogP contribution in [0.5, 0.6) is 5.75 Å². The minimum absolute atomic E-state index is 0.142. The molecular formula is C35H31NO3. The van der Waals surface area contributed by atoms with E-state index in [4.69, 9.17) is 4.74 Å². The molecule has 6 rings (SSSR count). The highest BCUT2D eigenvalue weighted by Crippen LogP contribution is 2.37. The van der Waals surface area contributed by atoms with Gasteiger partial charge < -0.3 is 9.30 Å². The zero-order chi connectivity index (χ0) is 26.9. The Morgan fingerprint density at radius 3 is 2.31 bits per heavy atom. The fourth-order valence-corrected chi connectivity index (χ4v) is 5.64. The highest BCUT2D eigenvalue weighted by Gasteiger charge is 2.40. The summed E-state index contributed by atoms with van der Waals surface area (Å²) >= 11 is 0. The number of hydrogen-bond donors (Lipinski definition) is 0. The van der Waals surface area contributed by atoms with Gasteiger partial charge >= 0.3 is 0 Å². The van der Waals surface area contributed by atoms with Gasteiger partial charge in [-0.1, -0.05) is 79.7 Å². The Kier molecular flexibility index (Phi) is 6.62. The van der Waals surface area contributed by atoms with E-state index in [1.807, 2.05) is 48.5 Å². The normalized spacial score (nSPS) is 15.5. The molecule has 0 saturated carbocycles. The molecule has 4 heteroatoms. The molecule has 0 N–H and O–H groups in total. The second-order valence-electron chi connectivity index (χ2n) is 10.5. The molecule has 1 aliphatic rings. The molecule has 0 spiro atoms. The van der Waals surface area contributed by atoms with Crippen molar-refractivity contribution in [2.24, 2.45) is 0 Å². The van der Waals surface area contributed by atoms with Gasteiger partial charge in [0, 0.05) is 34.8 Å². The summed E-state index contributed by atoms with van der Waals surface area (Å²) in [5.74, 6) is -0.103. The van der Waals surface area contributed by atoms with Crippen molar-refractivity contribution in [2.75, 3.05) is 0 Å². The molecule has 194 valence electrons. The molecule has 0 amide bonds. The third-order valence-corrected chi connectivity index (χ3v) is 7.91. The van der Waals surface area contributed by atoms with Gasteiger partial charge in [-0.3, -0.25) is 9.59 Å². The van der Waals surface area contributed by atoms with Gasteiger partial charge in [-0.25, -0.2) is 0 Å². The summed E-state index contributed by atoms with van der Waals surface area (Å²) in [5.41, 5.74) is 6.29. The molecule has 1 aliphatic carbocycles. The number of carbonyl (C=O) groups excluding carboxylic acids is 2. The molecular weight excluding hydrogens is 482 g/mol. The Bertz CT molecular complexity index is 1670. The zero-order valence-electron chi connectivity index (χ0n) is 22.3. The van der Waals surface area contributed by atoms with E-state index in [-0.39, 0.29) is 11.6 Å². The molecule has 39 heavy (non-hydrogen) atoms. The molecule has 5 aromatic rings. The van der Waals surface area contributed by atoms with Crippen LogP contribution in [0.4, 0.5) is 0 Å². The van der Waals surface area contributed by atoms with Crippen LogP contribution in [0.3, 0.4) is 0 Å². The maximum absolute atomic E-state index is 13.5. The average Bonchev–Trinajstić information content (AvgIpc) is 3.42. The first-order valence-electron chi connectivity index (χ1n) is 13.5. The summed E-state index contributed by atoms with van der Waals surface area (Å²) in [7, 11) is 0. The van der Waals surface area contributed by atoms with Crippen molar-refractivity contribution in [3.8, 4) is 5.75 Å². The van der Waals surface area contributed by atoms with Gasteiger partial charge in [-0.2, -0.15) is 0 Å². The van der Waals surface area contributed by atoms with Crippen LogP contribution in [0.25, 0.3) is 10.9 Å². The molecule has 0 aliphatic heterocycles. The number of nitrogens with zero attached hydrogens (tertiary/aromatic N) is 1. The summed E-state index contributed by atoms with van der Waals surface area (Å²) in [5, 5.41) is 1.15. The predicted molar refractivity (Wildman–Crippen MR) is 155 cm³/mol. The molecule has 0 fully saturated rings. The topological polar surface area (TPSA) is 48.3 Å². The van der Waals surface area contributed by atoms with E-state index in [1.54, 1.807) is 18.2 Å². The lowest BCUT2D eigenvalue weighted by molar-refractivity contribution is 0.0890. The first kappa shape index (κ1) is 24.9. The molecule has 0 saturated heterocycles. The zero-order valence-corrected chi connectivity index (χ0v) is 22.3. The molecule has 4 nitrogen and oxygen atoms in total. The Labute approximate surface area is 228 Å². The third-order valence-electron chi connectivity index (χ3n) is 7.91. The number of hydrogen-bond acceptors (Lipinski definition) is 3. The van der Waals surface area contributed by atoms with Crippen LogP contribution in [-0.4, -0.2) is 16.1 Å². The lowest BCUT2D eigenvalue weighted by atomic mass is 9.93. The van der Waals surface area contributed by atoms with Crippen LogP contribution >= 0.6 is 0 Å². The Balaban J connectivity index is 1.24. The first-order valence-corrected chi connectivity index (χ1v) is 13.5. The van der Waals surface area contributed by atoms with Gasteiger partial charge in [0.05, 0.1) is 0 Å². The van der Waals surface area contributed by atoms with Gasteiger partial charge in [-0.05, 0) is 65.8 Å². The van der Waals surface area contributed by atoms with E-state index in [9.17, 15) is 9.59 Å².